The van der Waals surface area contributed by atoms with Crippen molar-refractivity contribution in [3.8, 4) is 11.1 Å². The highest BCUT2D eigenvalue weighted by Crippen LogP contribution is 2.37. The molecule has 1 aliphatic carbocycles. The van der Waals surface area contributed by atoms with E-state index < -0.39 is 17.4 Å². The molecule has 1 aliphatic heterocycles. The summed E-state index contributed by atoms with van der Waals surface area (Å²) in [4.78, 5) is 26.1. The van der Waals surface area contributed by atoms with Gasteiger partial charge >= 0.3 is 5.97 Å². The maximum atomic E-state index is 13.3. The van der Waals surface area contributed by atoms with Crippen molar-refractivity contribution in [3.63, 3.8) is 0 Å². The molecule has 3 aromatic carbocycles. The lowest BCUT2D eigenvalue weighted by molar-refractivity contribution is -0.823. The van der Waals surface area contributed by atoms with Crippen LogP contribution in [0.4, 0.5) is 0 Å². The van der Waals surface area contributed by atoms with E-state index in [0.717, 1.165) is 39.3 Å². The van der Waals surface area contributed by atoms with Crippen LogP contribution >= 0.6 is 0 Å². The number of aliphatic hydroxyl groups is 1. The molecule has 1 heterocycles. The number of Topliss-reactive ketones (excluding diaryl/α,β-unsaturated/α-hetero) is 1. The van der Waals surface area contributed by atoms with Crippen molar-refractivity contribution in [2.45, 2.75) is 37.8 Å². The quantitative estimate of drug-likeness (QED) is 0.484. The fraction of sp³-hybridized carbons (Fsp3) is 0.200. The number of aliphatic carboxylic acids is 1. The van der Waals surface area contributed by atoms with Crippen molar-refractivity contribution < 1.29 is 24.7 Å². The van der Waals surface area contributed by atoms with E-state index in [1.807, 2.05) is 60.7 Å². The summed E-state index contributed by atoms with van der Waals surface area (Å²) in [6, 6.07) is 27.9. The van der Waals surface area contributed by atoms with Crippen molar-refractivity contribution in [1.29, 1.82) is 0 Å². The molecule has 0 aromatic heterocycles. The number of quaternary nitrogens is 1. The van der Waals surface area contributed by atoms with E-state index >= 15 is 0 Å². The predicted molar refractivity (Wildman–Crippen MR) is 133 cm³/mol. The molecule has 5 heteroatoms. The number of nitrogens with one attached hydrogen (secondary N) is 1. The largest absolute Gasteiger partial charge is 0.477 e. The highest BCUT2D eigenvalue weighted by atomic mass is 16.4. The van der Waals surface area contributed by atoms with Gasteiger partial charge in [-0.25, -0.2) is 4.79 Å². The van der Waals surface area contributed by atoms with Crippen LogP contribution in [0.2, 0.25) is 0 Å². The number of benzene rings is 3. The number of carbonyl (C=O) groups excluding carboxylic acids is 1. The van der Waals surface area contributed by atoms with Gasteiger partial charge in [0.2, 0.25) is 5.78 Å². The summed E-state index contributed by atoms with van der Waals surface area (Å²) in [6.45, 7) is 0.499. The van der Waals surface area contributed by atoms with Crippen LogP contribution in [0, 0.1) is 0 Å². The molecule has 0 fully saturated rings. The first-order chi connectivity index (χ1) is 16.9. The van der Waals surface area contributed by atoms with Gasteiger partial charge in [-0.15, -0.1) is 0 Å². The zero-order chi connectivity index (χ0) is 24.4. The maximum Gasteiger partial charge on any atom is 0.345 e. The standard InChI is InChI=1S/C30H27NO4/c32-28-25(29(33)34)20-31(19-22-13-15-24(16-14-22)23-10-5-2-6-11-23)26-12-7-17-30(35,27(26)28)18-21-8-3-1-4-9-21/h1-6,8-11,13-16,20,35H,7,12,17-19H2,(H,33,34)/p+1. The molecule has 2 aliphatic rings. The fourth-order valence-corrected chi connectivity index (χ4v) is 5.31. The summed E-state index contributed by atoms with van der Waals surface area (Å²) in [6.07, 6.45) is 3.62. The average Bonchev–Trinajstić information content (AvgIpc) is 2.87. The first-order valence-electron chi connectivity index (χ1n) is 11.9. The van der Waals surface area contributed by atoms with Gasteiger partial charge in [0.25, 0.3) is 0 Å². The first kappa shape index (κ1) is 23.0. The van der Waals surface area contributed by atoms with Crippen LogP contribution in [-0.4, -0.2) is 27.6 Å². The van der Waals surface area contributed by atoms with Gasteiger partial charge < -0.3 is 10.2 Å². The molecule has 0 spiro atoms. The van der Waals surface area contributed by atoms with Crippen molar-refractivity contribution in [2.24, 2.45) is 0 Å². The number of ketones is 1. The summed E-state index contributed by atoms with van der Waals surface area (Å²) in [7, 11) is 0. The molecule has 176 valence electrons. The molecule has 3 N–H and O–H groups in total. The Balaban J connectivity index is 1.49. The Labute approximate surface area is 204 Å². The molecule has 0 radical (unpaired) electrons. The Bertz CT molecular complexity index is 1310. The third-order valence-electron chi connectivity index (χ3n) is 6.99. The minimum absolute atomic E-state index is 0.267. The molecular weight excluding hydrogens is 438 g/mol. The Morgan fingerprint density at radius 3 is 2.14 bits per heavy atom. The molecule has 35 heavy (non-hydrogen) atoms. The molecule has 5 rings (SSSR count). The van der Waals surface area contributed by atoms with Gasteiger partial charge in [0, 0.05) is 18.4 Å². The minimum Gasteiger partial charge on any atom is -0.477 e. The van der Waals surface area contributed by atoms with E-state index in [1.54, 1.807) is 0 Å². The van der Waals surface area contributed by atoms with Crippen LogP contribution in [0.25, 0.3) is 11.1 Å². The summed E-state index contributed by atoms with van der Waals surface area (Å²) < 4.78 is 0. The average molecular weight is 467 g/mol. The third kappa shape index (κ3) is 4.61. The van der Waals surface area contributed by atoms with Crippen molar-refractivity contribution in [1.82, 2.24) is 0 Å². The highest BCUT2D eigenvalue weighted by molar-refractivity contribution is 6.24. The molecular formula is C30H28NO4+. The SMILES string of the molecule is O=C(O)C1=C[NH+](Cc2ccc(-c3ccccc3)cc2)C2=C(C1=O)C(O)(Cc1ccccc1)CCC2. The molecule has 0 saturated carbocycles. The fourth-order valence-electron chi connectivity index (χ4n) is 5.31. The maximum absolute atomic E-state index is 13.3. The van der Waals surface area contributed by atoms with Gasteiger partial charge in [-0.05, 0) is 29.5 Å². The van der Waals surface area contributed by atoms with Gasteiger partial charge in [-0.2, -0.15) is 0 Å². The predicted octanol–water partition coefficient (Wildman–Crippen LogP) is 3.70. The zero-order valence-electron chi connectivity index (χ0n) is 19.4. The number of hydrogen-bond acceptors (Lipinski definition) is 3. The summed E-state index contributed by atoms with van der Waals surface area (Å²) >= 11 is 0. The van der Waals surface area contributed by atoms with Gasteiger partial charge in [0.05, 0.1) is 5.57 Å². The van der Waals surface area contributed by atoms with E-state index in [4.69, 9.17) is 0 Å². The van der Waals surface area contributed by atoms with Gasteiger partial charge in [-0.1, -0.05) is 84.9 Å². The zero-order valence-corrected chi connectivity index (χ0v) is 19.4. The summed E-state index contributed by atoms with van der Waals surface area (Å²) in [5.41, 5.74) is 3.60. The van der Waals surface area contributed by atoms with Crippen LogP contribution in [0.1, 0.15) is 30.4 Å². The lowest BCUT2D eigenvalue weighted by atomic mass is 9.73. The van der Waals surface area contributed by atoms with Crippen LogP contribution in [0.5, 0.6) is 0 Å². The van der Waals surface area contributed by atoms with Crippen LogP contribution < -0.4 is 4.90 Å². The van der Waals surface area contributed by atoms with Gasteiger partial charge in [-0.3, -0.25) is 9.69 Å². The van der Waals surface area contributed by atoms with E-state index in [0.29, 0.717) is 19.4 Å². The smallest absolute Gasteiger partial charge is 0.345 e. The van der Waals surface area contributed by atoms with E-state index in [2.05, 4.69) is 24.3 Å². The number of rotatable bonds is 6. The molecule has 0 bridgehead atoms. The third-order valence-corrected chi connectivity index (χ3v) is 6.99. The van der Waals surface area contributed by atoms with Crippen LogP contribution in [-0.2, 0) is 22.6 Å². The van der Waals surface area contributed by atoms with Crippen molar-refractivity contribution in [3.05, 3.63) is 119 Å². The van der Waals surface area contributed by atoms with Crippen LogP contribution in [0.3, 0.4) is 0 Å². The second kappa shape index (κ2) is 9.45. The number of carbonyl (C=O) groups is 2. The number of carboxylic acids is 1. The van der Waals surface area contributed by atoms with E-state index in [9.17, 15) is 19.8 Å². The highest BCUT2D eigenvalue weighted by Gasteiger charge is 2.48. The normalized spacial score (nSPS) is 21.9. The monoisotopic (exact) mass is 466 g/mol. The number of allylic oxidation sites excluding steroid dienone is 1. The lowest BCUT2D eigenvalue weighted by Crippen LogP contribution is -3.05. The van der Waals surface area contributed by atoms with Crippen molar-refractivity contribution >= 4 is 11.8 Å². The minimum atomic E-state index is -1.39. The Hall–Kier alpha value is -3.80. The van der Waals surface area contributed by atoms with E-state index in [1.165, 1.54) is 6.20 Å². The summed E-state index contributed by atoms with van der Waals surface area (Å²) in [5.74, 6) is -1.82. The van der Waals surface area contributed by atoms with Gasteiger partial charge in [0.15, 0.2) is 5.57 Å². The second-order valence-electron chi connectivity index (χ2n) is 9.36. The molecule has 2 atom stereocenters. The Kier molecular flexibility index (Phi) is 6.20. The topological polar surface area (TPSA) is 79.0 Å². The number of hydrogen-bond donors (Lipinski definition) is 3. The Morgan fingerprint density at radius 2 is 1.49 bits per heavy atom. The molecule has 3 aromatic rings. The summed E-state index contributed by atoms with van der Waals surface area (Å²) in [5, 5.41) is 21.5. The van der Waals surface area contributed by atoms with Gasteiger partial charge in [0.1, 0.15) is 24.0 Å². The second-order valence-corrected chi connectivity index (χ2v) is 9.36. The van der Waals surface area contributed by atoms with Crippen molar-refractivity contribution in [2.75, 3.05) is 0 Å². The lowest BCUT2D eigenvalue weighted by Gasteiger charge is -2.38. The first-order valence-corrected chi connectivity index (χ1v) is 11.9. The number of carboxylic acid groups (broad SMARTS) is 1. The molecule has 0 amide bonds. The van der Waals surface area contributed by atoms with E-state index in [-0.39, 0.29) is 17.6 Å². The van der Waals surface area contributed by atoms with Crippen LogP contribution in [0.15, 0.2) is 108 Å². The molecule has 2 unspecified atom stereocenters. The molecule has 0 saturated heterocycles. The molecule has 5 nitrogen and oxygen atoms in total. The Morgan fingerprint density at radius 1 is 0.857 bits per heavy atom.